The molecule has 1 aromatic rings. The number of hydrogen-bond acceptors (Lipinski definition) is 6. The topological polar surface area (TPSA) is 71.2 Å². The van der Waals surface area contributed by atoms with E-state index in [1.807, 2.05) is 0 Å². The van der Waals surface area contributed by atoms with E-state index in [2.05, 4.69) is 28.4 Å². The number of nitrogens with two attached hydrogens (primary N) is 1. The third-order valence-corrected chi connectivity index (χ3v) is 5.32. The average molecular weight is 314 g/mol. The fourth-order valence-electron chi connectivity index (χ4n) is 2.22. The number of aromatic nitrogens is 1. The number of thioether (sulfide) groups is 1. The summed E-state index contributed by atoms with van der Waals surface area (Å²) in [5.74, 6) is 1.75. The Kier molecular flexibility index (Phi) is 5.54. The van der Waals surface area contributed by atoms with E-state index >= 15 is 0 Å². The lowest BCUT2D eigenvalue weighted by Gasteiger charge is -2.12. The molecule has 1 saturated heterocycles. The standard InChI is InChI=1S/C13H22N4OS2/c1-9(8-19-2)7-15-12(18)10-11(14)16-13(20-10)17-5-3-4-6-17/h9H,3-8,14H2,1-2H3,(H,15,18). The van der Waals surface area contributed by atoms with Crippen LogP contribution in [-0.4, -0.2) is 42.5 Å². The van der Waals surface area contributed by atoms with Crippen LogP contribution in [0.5, 0.6) is 0 Å². The predicted octanol–water partition coefficient (Wildman–Crippen LogP) is 2.05. The van der Waals surface area contributed by atoms with Gasteiger partial charge in [-0.15, -0.1) is 0 Å². The van der Waals surface area contributed by atoms with E-state index in [1.54, 1.807) is 11.8 Å². The molecule has 1 aromatic heterocycles. The van der Waals surface area contributed by atoms with Crippen LogP contribution in [0.25, 0.3) is 0 Å². The van der Waals surface area contributed by atoms with Crippen LogP contribution in [0.3, 0.4) is 0 Å². The molecule has 2 heterocycles. The molecule has 1 unspecified atom stereocenters. The number of carbonyl (C=O) groups excluding carboxylic acids is 1. The lowest BCUT2D eigenvalue weighted by atomic mass is 10.2. The van der Waals surface area contributed by atoms with Crippen molar-refractivity contribution < 1.29 is 4.79 Å². The van der Waals surface area contributed by atoms with Crippen molar-refractivity contribution in [1.29, 1.82) is 0 Å². The van der Waals surface area contributed by atoms with Crippen LogP contribution in [-0.2, 0) is 0 Å². The van der Waals surface area contributed by atoms with Crippen molar-refractivity contribution in [2.75, 3.05) is 42.3 Å². The van der Waals surface area contributed by atoms with Crippen LogP contribution in [0.2, 0.25) is 0 Å². The van der Waals surface area contributed by atoms with E-state index < -0.39 is 0 Å². The molecule has 5 nitrogen and oxygen atoms in total. The van der Waals surface area contributed by atoms with Crippen LogP contribution in [0, 0.1) is 5.92 Å². The molecule has 20 heavy (non-hydrogen) atoms. The molecule has 0 aromatic carbocycles. The Morgan fingerprint density at radius 1 is 1.55 bits per heavy atom. The van der Waals surface area contributed by atoms with Gasteiger partial charge in [0.2, 0.25) is 0 Å². The Hall–Kier alpha value is -0.950. The van der Waals surface area contributed by atoms with Gasteiger partial charge in [-0.1, -0.05) is 18.3 Å². The van der Waals surface area contributed by atoms with Gasteiger partial charge in [0, 0.05) is 19.6 Å². The lowest BCUT2D eigenvalue weighted by molar-refractivity contribution is 0.0954. The Balaban J connectivity index is 1.95. The van der Waals surface area contributed by atoms with Gasteiger partial charge in [-0.2, -0.15) is 11.8 Å². The Morgan fingerprint density at radius 3 is 2.90 bits per heavy atom. The number of rotatable bonds is 6. The molecule has 0 radical (unpaired) electrons. The molecule has 7 heteroatoms. The summed E-state index contributed by atoms with van der Waals surface area (Å²) in [5, 5.41) is 3.83. The van der Waals surface area contributed by atoms with Crippen molar-refractivity contribution >= 4 is 40.0 Å². The summed E-state index contributed by atoms with van der Waals surface area (Å²) in [5.41, 5.74) is 5.88. The molecule has 0 spiro atoms. The van der Waals surface area contributed by atoms with Gasteiger partial charge in [0.15, 0.2) is 5.13 Å². The largest absolute Gasteiger partial charge is 0.382 e. The molecule has 1 aliphatic rings. The number of thiazole rings is 1. The van der Waals surface area contributed by atoms with Crippen LogP contribution >= 0.6 is 23.1 Å². The van der Waals surface area contributed by atoms with E-state index in [0.717, 1.165) is 24.0 Å². The maximum atomic E-state index is 12.2. The molecule has 1 amide bonds. The van der Waals surface area contributed by atoms with Crippen molar-refractivity contribution in [2.45, 2.75) is 19.8 Å². The van der Waals surface area contributed by atoms with Gasteiger partial charge >= 0.3 is 0 Å². The molecule has 0 saturated carbocycles. The third-order valence-electron chi connectivity index (χ3n) is 3.29. The van der Waals surface area contributed by atoms with Crippen molar-refractivity contribution in [3.05, 3.63) is 4.88 Å². The summed E-state index contributed by atoms with van der Waals surface area (Å²) in [7, 11) is 0. The zero-order chi connectivity index (χ0) is 14.5. The summed E-state index contributed by atoms with van der Waals surface area (Å²) >= 11 is 3.19. The SMILES string of the molecule is CSCC(C)CNC(=O)c1sc(N2CCCC2)nc1N. The predicted molar refractivity (Wildman–Crippen MR) is 87.9 cm³/mol. The monoisotopic (exact) mass is 314 g/mol. The molecule has 3 N–H and O–H groups in total. The molecule has 0 aliphatic carbocycles. The number of nitrogens with one attached hydrogen (secondary N) is 1. The smallest absolute Gasteiger partial charge is 0.265 e. The Labute approximate surface area is 128 Å². The van der Waals surface area contributed by atoms with E-state index in [9.17, 15) is 4.79 Å². The van der Waals surface area contributed by atoms with Crippen molar-refractivity contribution in [3.8, 4) is 0 Å². The first-order valence-electron chi connectivity index (χ1n) is 6.90. The van der Waals surface area contributed by atoms with E-state index in [-0.39, 0.29) is 5.91 Å². The molecular weight excluding hydrogens is 292 g/mol. The van der Waals surface area contributed by atoms with Crippen LogP contribution in [0.1, 0.15) is 29.4 Å². The van der Waals surface area contributed by atoms with Gasteiger partial charge in [-0.05, 0) is 30.8 Å². The van der Waals surface area contributed by atoms with Gasteiger partial charge in [0.25, 0.3) is 5.91 Å². The van der Waals surface area contributed by atoms with E-state index in [4.69, 9.17) is 5.73 Å². The lowest BCUT2D eigenvalue weighted by Crippen LogP contribution is -2.29. The summed E-state index contributed by atoms with van der Waals surface area (Å²) in [4.78, 5) is 19.2. The number of amides is 1. The van der Waals surface area contributed by atoms with Crippen molar-refractivity contribution in [1.82, 2.24) is 10.3 Å². The number of anilines is 2. The molecule has 1 atom stereocenters. The zero-order valence-electron chi connectivity index (χ0n) is 12.0. The highest BCUT2D eigenvalue weighted by Gasteiger charge is 2.21. The van der Waals surface area contributed by atoms with Crippen LogP contribution in [0.4, 0.5) is 10.9 Å². The summed E-state index contributed by atoms with van der Waals surface area (Å²) < 4.78 is 0. The number of nitrogens with zero attached hydrogens (tertiary/aromatic N) is 2. The maximum absolute atomic E-state index is 12.2. The molecule has 0 bridgehead atoms. The molecular formula is C13H22N4OS2. The van der Waals surface area contributed by atoms with Gasteiger partial charge in [0.1, 0.15) is 10.7 Å². The maximum Gasteiger partial charge on any atom is 0.265 e. The Morgan fingerprint density at radius 2 is 2.25 bits per heavy atom. The van der Waals surface area contributed by atoms with Gasteiger partial charge in [-0.3, -0.25) is 4.79 Å². The number of hydrogen-bond donors (Lipinski definition) is 2. The normalized spacial score (nSPS) is 16.4. The first-order chi connectivity index (χ1) is 9.61. The second-order valence-corrected chi connectivity index (χ2v) is 7.06. The minimum atomic E-state index is -0.0987. The summed E-state index contributed by atoms with van der Waals surface area (Å²) in [6, 6.07) is 0. The third kappa shape index (κ3) is 3.79. The highest BCUT2D eigenvalue weighted by Crippen LogP contribution is 2.30. The first-order valence-corrected chi connectivity index (χ1v) is 9.11. The van der Waals surface area contributed by atoms with E-state index in [1.165, 1.54) is 24.2 Å². The molecule has 1 aliphatic heterocycles. The first kappa shape index (κ1) is 15.4. The minimum Gasteiger partial charge on any atom is -0.382 e. The Bertz CT molecular complexity index is 457. The quantitative estimate of drug-likeness (QED) is 0.841. The molecule has 112 valence electrons. The second-order valence-electron chi connectivity index (χ2n) is 5.18. The number of nitrogen functional groups attached to an aromatic ring is 1. The van der Waals surface area contributed by atoms with Crippen molar-refractivity contribution in [2.24, 2.45) is 5.92 Å². The van der Waals surface area contributed by atoms with Gasteiger partial charge in [-0.25, -0.2) is 4.98 Å². The minimum absolute atomic E-state index is 0.0987. The van der Waals surface area contributed by atoms with Crippen LogP contribution < -0.4 is 16.0 Å². The van der Waals surface area contributed by atoms with Gasteiger partial charge < -0.3 is 16.0 Å². The highest BCUT2D eigenvalue weighted by molar-refractivity contribution is 7.98. The fourth-order valence-corrected chi connectivity index (χ4v) is 3.86. The van der Waals surface area contributed by atoms with Gasteiger partial charge in [0.05, 0.1) is 0 Å². The van der Waals surface area contributed by atoms with E-state index in [0.29, 0.717) is 23.2 Å². The molecule has 2 rings (SSSR count). The molecule has 1 fully saturated rings. The zero-order valence-corrected chi connectivity index (χ0v) is 13.6. The highest BCUT2D eigenvalue weighted by atomic mass is 32.2. The average Bonchev–Trinajstić information content (AvgIpc) is 3.05. The summed E-state index contributed by atoms with van der Waals surface area (Å²) in [6.45, 7) is 4.83. The number of carbonyl (C=O) groups is 1. The summed E-state index contributed by atoms with van der Waals surface area (Å²) in [6.07, 6.45) is 4.45. The second kappa shape index (κ2) is 7.17. The fraction of sp³-hybridized carbons (Fsp3) is 0.692. The van der Waals surface area contributed by atoms with Crippen molar-refractivity contribution in [3.63, 3.8) is 0 Å². The van der Waals surface area contributed by atoms with Crippen LogP contribution in [0.15, 0.2) is 0 Å².